The van der Waals surface area contributed by atoms with Gasteiger partial charge < -0.3 is 5.11 Å². The molecule has 1 heterocycles. The summed E-state index contributed by atoms with van der Waals surface area (Å²) in [5, 5.41) is 15.3. The average Bonchev–Trinajstić information content (AvgIpc) is 2.52. The third kappa shape index (κ3) is 2.73. The normalized spacial score (nSPS) is 13.1. The molecule has 1 aromatic heterocycles. The fourth-order valence-corrected chi connectivity index (χ4v) is 1.44. The number of hydrogen-bond donors (Lipinski definition) is 2. The lowest BCUT2D eigenvalue weighted by atomic mass is 10.2. The highest BCUT2D eigenvalue weighted by atomic mass is 32.2. The number of H-pyrrole nitrogens is 1. The monoisotopic (exact) mass is 215 g/mol. The van der Waals surface area contributed by atoms with E-state index < -0.39 is 11.2 Å². The third-order valence-electron chi connectivity index (χ3n) is 1.66. The largest absolute Gasteiger partial charge is 0.480 e. The molecule has 0 aliphatic rings. The van der Waals surface area contributed by atoms with Crippen LogP contribution in [0.5, 0.6) is 0 Å². The Bertz CT molecular complexity index is 324. The maximum atomic E-state index is 10.6. The van der Waals surface area contributed by atoms with E-state index >= 15 is 0 Å². The molecule has 0 amide bonds. The molecule has 5 nitrogen and oxygen atoms in total. The van der Waals surface area contributed by atoms with Crippen LogP contribution in [0, 0.1) is 0 Å². The Kier molecular flexibility index (Phi) is 3.51. The van der Waals surface area contributed by atoms with E-state index in [-0.39, 0.29) is 5.92 Å². The van der Waals surface area contributed by atoms with Gasteiger partial charge in [-0.3, -0.25) is 9.89 Å². The van der Waals surface area contributed by atoms with Crippen LogP contribution in [0.1, 0.15) is 32.5 Å². The van der Waals surface area contributed by atoms with Gasteiger partial charge in [-0.2, -0.15) is 0 Å². The Morgan fingerprint density at radius 2 is 2.14 bits per heavy atom. The Hall–Kier alpha value is -1.04. The van der Waals surface area contributed by atoms with Crippen molar-refractivity contribution in [2.75, 3.05) is 0 Å². The van der Waals surface area contributed by atoms with Crippen molar-refractivity contribution >= 4 is 17.7 Å². The number of rotatable bonds is 4. The van der Waals surface area contributed by atoms with Crippen molar-refractivity contribution in [3.8, 4) is 0 Å². The topological polar surface area (TPSA) is 78.9 Å². The zero-order chi connectivity index (χ0) is 10.7. The van der Waals surface area contributed by atoms with Gasteiger partial charge in [0, 0.05) is 5.92 Å². The third-order valence-corrected chi connectivity index (χ3v) is 2.61. The zero-order valence-electron chi connectivity index (χ0n) is 8.31. The molecule has 0 spiro atoms. The van der Waals surface area contributed by atoms with Crippen LogP contribution in [-0.2, 0) is 4.79 Å². The second-order valence-corrected chi connectivity index (χ2v) is 4.56. The second-order valence-electron chi connectivity index (χ2n) is 3.26. The molecule has 6 heteroatoms. The van der Waals surface area contributed by atoms with Gasteiger partial charge in [0.25, 0.3) is 0 Å². The molecule has 1 atom stereocenters. The van der Waals surface area contributed by atoms with Gasteiger partial charge >= 0.3 is 5.97 Å². The van der Waals surface area contributed by atoms with Crippen LogP contribution in [0.4, 0.5) is 0 Å². The second kappa shape index (κ2) is 4.45. The van der Waals surface area contributed by atoms with Crippen molar-refractivity contribution in [2.24, 2.45) is 0 Å². The number of carboxylic acid groups (broad SMARTS) is 1. The molecule has 0 saturated carbocycles. The van der Waals surface area contributed by atoms with Crippen LogP contribution in [0.2, 0.25) is 0 Å². The van der Waals surface area contributed by atoms with Crippen molar-refractivity contribution in [3.05, 3.63) is 5.82 Å². The van der Waals surface area contributed by atoms with Crippen molar-refractivity contribution in [3.63, 3.8) is 0 Å². The number of thioether (sulfide) groups is 1. The van der Waals surface area contributed by atoms with Gasteiger partial charge in [0.05, 0.1) is 0 Å². The molecular weight excluding hydrogens is 202 g/mol. The first-order valence-corrected chi connectivity index (χ1v) is 5.20. The lowest BCUT2D eigenvalue weighted by molar-refractivity contribution is -0.136. The van der Waals surface area contributed by atoms with Gasteiger partial charge in [-0.1, -0.05) is 25.6 Å². The summed E-state index contributed by atoms with van der Waals surface area (Å²) in [5.74, 6) is 0.202. The van der Waals surface area contributed by atoms with Gasteiger partial charge in [0.15, 0.2) is 0 Å². The molecule has 0 radical (unpaired) electrons. The lowest BCUT2D eigenvalue weighted by Crippen LogP contribution is -2.11. The highest BCUT2D eigenvalue weighted by Gasteiger charge is 2.16. The first-order valence-electron chi connectivity index (χ1n) is 4.32. The number of aromatic amines is 1. The molecule has 0 saturated heterocycles. The first-order chi connectivity index (χ1) is 6.50. The summed E-state index contributed by atoms with van der Waals surface area (Å²) in [6.45, 7) is 5.60. The fourth-order valence-electron chi connectivity index (χ4n) is 0.778. The van der Waals surface area contributed by atoms with E-state index in [4.69, 9.17) is 5.11 Å². The Balaban J connectivity index is 2.64. The molecule has 0 bridgehead atoms. The molecule has 14 heavy (non-hydrogen) atoms. The van der Waals surface area contributed by atoms with Gasteiger partial charge in [-0.25, -0.2) is 4.98 Å². The van der Waals surface area contributed by atoms with Gasteiger partial charge in [-0.05, 0) is 6.92 Å². The Labute approximate surface area is 86.3 Å². The van der Waals surface area contributed by atoms with E-state index in [1.807, 2.05) is 13.8 Å². The number of nitrogens with zero attached hydrogens (tertiary/aromatic N) is 2. The van der Waals surface area contributed by atoms with Crippen LogP contribution in [0.3, 0.4) is 0 Å². The minimum absolute atomic E-state index is 0.275. The highest BCUT2D eigenvalue weighted by Crippen LogP contribution is 2.20. The summed E-state index contributed by atoms with van der Waals surface area (Å²) >= 11 is 1.14. The van der Waals surface area contributed by atoms with Crippen LogP contribution < -0.4 is 0 Å². The molecule has 0 aliphatic heterocycles. The summed E-state index contributed by atoms with van der Waals surface area (Å²) in [4.78, 5) is 14.7. The highest BCUT2D eigenvalue weighted by molar-refractivity contribution is 8.00. The van der Waals surface area contributed by atoms with E-state index in [9.17, 15) is 4.79 Å². The predicted octanol–water partition coefficient (Wildman–Crippen LogP) is 1.49. The molecule has 0 aromatic carbocycles. The van der Waals surface area contributed by atoms with Crippen molar-refractivity contribution < 1.29 is 9.90 Å². The van der Waals surface area contributed by atoms with Gasteiger partial charge in [0.1, 0.15) is 11.1 Å². The first kappa shape index (κ1) is 11.0. The van der Waals surface area contributed by atoms with Gasteiger partial charge in [-0.15, -0.1) is 5.10 Å². The minimum Gasteiger partial charge on any atom is -0.480 e. The van der Waals surface area contributed by atoms with Crippen LogP contribution in [0.15, 0.2) is 5.16 Å². The SMILES string of the molecule is CC(Sc1n[nH]c(C(C)C)n1)C(=O)O. The minimum atomic E-state index is -0.856. The quantitative estimate of drug-likeness (QED) is 0.744. The van der Waals surface area contributed by atoms with E-state index in [1.165, 1.54) is 0 Å². The Morgan fingerprint density at radius 3 is 2.57 bits per heavy atom. The molecule has 1 rings (SSSR count). The predicted molar refractivity (Wildman–Crippen MR) is 53.4 cm³/mol. The van der Waals surface area contributed by atoms with Crippen LogP contribution in [0.25, 0.3) is 0 Å². The number of nitrogens with one attached hydrogen (secondary N) is 1. The Morgan fingerprint density at radius 1 is 1.50 bits per heavy atom. The number of carboxylic acids is 1. The van der Waals surface area contributed by atoms with Crippen LogP contribution in [-0.4, -0.2) is 31.5 Å². The summed E-state index contributed by atoms with van der Waals surface area (Å²) in [7, 11) is 0. The maximum Gasteiger partial charge on any atom is 0.316 e. The van der Waals surface area contributed by atoms with E-state index in [1.54, 1.807) is 6.92 Å². The number of aliphatic carboxylic acids is 1. The van der Waals surface area contributed by atoms with Crippen molar-refractivity contribution in [2.45, 2.75) is 37.1 Å². The van der Waals surface area contributed by atoms with Crippen molar-refractivity contribution in [1.29, 1.82) is 0 Å². The van der Waals surface area contributed by atoms with Crippen molar-refractivity contribution in [1.82, 2.24) is 15.2 Å². The summed E-state index contributed by atoms with van der Waals surface area (Å²) in [6.07, 6.45) is 0. The fraction of sp³-hybridized carbons (Fsp3) is 0.625. The average molecular weight is 215 g/mol. The molecular formula is C8H13N3O2S. The number of hydrogen-bond acceptors (Lipinski definition) is 4. The number of carbonyl (C=O) groups is 1. The van der Waals surface area contributed by atoms with E-state index in [0.29, 0.717) is 5.16 Å². The van der Waals surface area contributed by atoms with Crippen LogP contribution >= 0.6 is 11.8 Å². The summed E-state index contributed by atoms with van der Waals surface area (Å²) < 4.78 is 0. The maximum absolute atomic E-state index is 10.6. The molecule has 0 fully saturated rings. The summed E-state index contributed by atoms with van der Waals surface area (Å²) in [6, 6.07) is 0. The summed E-state index contributed by atoms with van der Waals surface area (Å²) in [5.41, 5.74) is 0. The number of aromatic nitrogens is 3. The molecule has 0 aliphatic carbocycles. The van der Waals surface area contributed by atoms with Gasteiger partial charge in [0.2, 0.25) is 5.16 Å². The van der Waals surface area contributed by atoms with E-state index in [2.05, 4.69) is 15.2 Å². The zero-order valence-corrected chi connectivity index (χ0v) is 9.13. The standard InChI is InChI=1S/C8H13N3O2S/c1-4(2)6-9-8(11-10-6)14-5(3)7(12)13/h4-5H,1-3H3,(H,12,13)(H,9,10,11). The lowest BCUT2D eigenvalue weighted by Gasteiger charge is -2.00. The smallest absolute Gasteiger partial charge is 0.316 e. The molecule has 2 N–H and O–H groups in total. The molecule has 78 valence electrons. The van der Waals surface area contributed by atoms with E-state index in [0.717, 1.165) is 17.6 Å². The molecule has 1 aromatic rings. The molecule has 1 unspecified atom stereocenters.